The Hall–Kier alpha value is -0.800. The van der Waals surface area contributed by atoms with Crippen LogP contribution in [0.1, 0.15) is 11.6 Å². The van der Waals surface area contributed by atoms with Gasteiger partial charge in [-0.05, 0) is 0 Å². The molecule has 0 fully saturated rings. The normalized spacial score (nSPS) is 16.6. The van der Waals surface area contributed by atoms with Crippen LogP contribution in [0.25, 0.3) is 0 Å². The molecule has 0 saturated heterocycles. The fourth-order valence-corrected chi connectivity index (χ4v) is 2.10. The lowest BCUT2D eigenvalue weighted by atomic mass is 10.3. The Morgan fingerprint density at radius 3 is 2.68 bits per heavy atom. The maximum atomic E-state index is 12.6. The number of ether oxygens (including phenoxy) is 1. The number of hydrogen-bond donors (Lipinski definition) is 1. The molecule has 2 rings (SSSR count). The van der Waals surface area contributed by atoms with Gasteiger partial charge in [0.2, 0.25) is 5.82 Å². The Morgan fingerprint density at radius 1 is 1.21 bits per heavy atom. The van der Waals surface area contributed by atoms with E-state index in [4.69, 9.17) is 4.74 Å². The number of alkyl halides is 3. The number of rotatable bonds is 5. The van der Waals surface area contributed by atoms with E-state index in [1.807, 2.05) is 4.90 Å². The zero-order valence-corrected chi connectivity index (χ0v) is 11.1. The van der Waals surface area contributed by atoms with Crippen molar-refractivity contribution in [2.45, 2.75) is 19.3 Å². The number of thiol groups is 1. The van der Waals surface area contributed by atoms with Crippen molar-refractivity contribution < 1.29 is 17.9 Å². The SMILES string of the molecule is FC(F)(F)c1nnc2n1CCN(CCOCCS)C2. The minimum Gasteiger partial charge on any atom is -0.379 e. The second kappa shape index (κ2) is 6.10. The van der Waals surface area contributed by atoms with Crippen molar-refractivity contribution in [3.63, 3.8) is 0 Å². The monoisotopic (exact) mass is 296 g/mol. The van der Waals surface area contributed by atoms with Crippen LogP contribution in [0.4, 0.5) is 13.2 Å². The Balaban J connectivity index is 1.92. The second-order valence-electron chi connectivity index (χ2n) is 4.20. The fourth-order valence-electron chi connectivity index (χ4n) is 1.97. The molecule has 19 heavy (non-hydrogen) atoms. The van der Waals surface area contributed by atoms with E-state index in [0.717, 1.165) is 4.57 Å². The smallest absolute Gasteiger partial charge is 0.379 e. The molecule has 108 valence electrons. The summed E-state index contributed by atoms with van der Waals surface area (Å²) in [5, 5.41) is 6.85. The van der Waals surface area contributed by atoms with E-state index in [-0.39, 0.29) is 6.54 Å². The lowest BCUT2D eigenvalue weighted by Gasteiger charge is -2.27. The highest BCUT2D eigenvalue weighted by Crippen LogP contribution is 2.29. The molecular weight excluding hydrogens is 281 g/mol. The number of hydrogen-bond acceptors (Lipinski definition) is 5. The Morgan fingerprint density at radius 2 is 2.00 bits per heavy atom. The highest BCUT2D eigenvalue weighted by atomic mass is 32.1. The molecule has 0 spiro atoms. The fraction of sp³-hybridized carbons (Fsp3) is 0.800. The van der Waals surface area contributed by atoms with Gasteiger partial charge in [0.05, 0.1) is 19.8 Å². The van der Waals surface area contributed by atoms with Crippen LogP contribution in [0.2, 0.25) is 0 Å². The number of aromatic nitrogens is 3. The van der Waals surface area contributed by atoms with Crippen molar-refractivity contribution in [3.05, 3.63) is 11.6 Å². The summed E-state index contributed by atoms with van der Waals surface area (Å²) in [4.78, 5) is 2.00. The van der Waals surface area contributed by atoms with Crippen molar-refractivity contribution in [1.29, 1.82) is 0 Å². The Labute approximate surface area is 114 Å². The zero-order chi connectivity index (χ0) is 13.9. The lowest BCUT2D eigenvalue weighted by Crippen LogP contribution is -2.37. The van der Waals surface area contributed by atoms with Crippen LogP contribution < -0.4 is 0 Å². The van der Waals surface area contributed by atoms with Crippen molar-refractivity contribution >= 4 is 12.6 Å². The summed E-state index contributed by atoms with van der Waals surface area (Å²) in [7, 11) is 0. The molecule has 1 aliphatic rings. The van der Waals surface area contributed by atoms with Crippen molar-refractivity contribution in [1.82, 2.24) is 19.7 Å². The molecular formula is C10H15F3N4OS. The molecule has 0 saturated carbocycles. The summed E-state index contributed by atoms with van der Waals surface area (Å²) in [6, 6.07) is 0. The van der Waals surface area contributed by atoms with Gasteiger partial charge in [0, 0.05) is 25.4 Å². The summed E-state index contributed by atoms with van der Waals surface area (Å²) >= 11 is 4.02. The molecule has 0 aliphatic carbocycles. The van der Waals surface area contributed by atoms with E-state index in [2.05, 4.69) is 22.8 Å². The molecule has 0 amide bonds. The van der Waals surface area contributed by atoms with E-state index in [1.165, 1.54) is 0 Å². The molecule has 5 nitrogen and oxygen atoms in total. The highest BCUT2D eigenvalue weighted by Gasteiger charge is 2.39. The molecule has 0 aromatic carbocycles. The predicted molar refractivity (Wildman–Crippen MR) is 65.0 cm³/mol. The maximum absolute atomic E-state index is 12.6. The number of nitrogens with zero attached hydrogens (tertiary/aromatic N) is 4. The first-order valence-corrected chi connectivity index (χ1v) is 6.56. The standard InChI is InChI=1S/C10H15F3N4OS/c11-10(12,13)9-15-14-8-7-16(1-2-17(8)9)3-4-18-5-6-19/h19H,1-7H2. The molecule has 0 unspecified atom stereocenters. The van der Waals surface area contributed by atoms with Gasteiger partial charge in [-0.2, -0.15) is 25.8 Å². The molecule has 0 N–H and O–H groups in total. The summed E-state index contributed by atoms with van der Waals surface area (Å²) in [6.07, 6.45) is -4.44. The van der Waals surface area contributed by atoms with Crippen molar-refractivity contribution in [3.8, 4) is 0 Å². The average molecular weight is 296 g/mol. The predicted octanol–water partition coefficient (Wildman–Crippen LogP) is 1.06. The molecule has 1 aliphatic heterocycles. The summed E-state index contributed by atoms with van der Waals surface area (Å²) in [6.45, 7) is 2.95. The Bertz CT molecular complexity index is 423. The molecule has 1 aromatic rings. The van der Waals surface area contributed by atoms with Crippen molar-refractivity contribution in [2.24, 2.45) is 0 Å². The van der Waals surface area contributed by atoms with E-state index >= 15 is 0 Å². The van der Waals surface area contributed by atoms with Gasteiger partial charge >= 0.3 is 6.18 Å². The van der Waals surface area contributed by atoms with E-state index in [0.29, 0.717) is 44.4 Å². The van der Waals surface area contributed by atoms with Gasteiger partial charge in [0.25, 0.3) is 0 Å². The minimum atomic E-state index is -4.44. The van der Waals surface area contributed by atoms with E-state index < -0.39 is 12.0 Å². The van der Waals surface area contributed by atoms with E-state index in [1.54, 1.807) is 0 Å². The van der Waals surface area contributed by atoms with Crippen LogP contribution in [0, 0.1) is 0 Å². The highest BCUT2D eigenvalue weighted by molar-refractivity contribution is 7.80. The van der Waals surface area contributed by atoms with Gasteiger partial charge in [-0.1, -0.05) is 0 Å². The van der Waals surface area contributed by atoms with Crippen LogP contribution >= 0.6 is 12.6 Å². The second-order valence-corrected chi connectivity index (χ2v) is 4.65. The first-order valence-electron chi connectivity index (χ1n) is 5.92. The van der Waals surface area contributed by atoms with Crippen LogP contribution in [0.3, 0.4) is 0 Å². The van der Waals surface area contributed by atoms with Gasteiger partial charge < -0.3 is 9.30 Å². The third kappa shape index (κ3) is 3.61. The molecule has 0 atom stereocenters. The topological polar surface area (TPSA) is 43.2 Å². The quantitative estimate of drug-likeness (QED) is 0.652. The number of halogens is 3. The Kier molecular flexibility index (Phi) is 4.69. The lowest BCUT2D eigenvalue weighted by molar-refractivity contribution is -0.148. The van der Waals surface area contributed by atoms with E-state index in [9.17, 15) is 13.2 Å². The van der Waals surface area contributed by atoms with Gasteiger partial charge in [-0.15, -0.1) is 10.2 Å². The van der Waals surface area contributed by atoms with Gasteiger partial charge in [0.1, 0.15) is 5.82 Å². The minimum absolute atomic E-state index is 0.254. The van der Waals surface area contributed by atoms with Gasteiger partial charge in [-0.25, -0.2) is 0 Å². The third-order valence-electron chi connectivity index (χ3n) is 2.87. The van der Waals surface area contributed by atoms with Crippen LogP contribution in [-0.2, 0) is 24.0 Å². The maximum Gasteiger partial charge on any atom is 0.451 e. The molecule has 0 bridgehead atoms. The average Bonchev–Trinajstić information content (AvgIpc) is 2.77. The first-order chi connectivity index (χ1) is 9.02. The summed E-state index contributed by atoms with van der Waals surface area (Å²) < 4.78 is 44.3. The summed E-state index contributed by atoms with van der Waals surface area (Å²) in [5.41, 5.74) is 0. The van der Waals surface area contributed by atoms with Crippen molar-refractivity contribution in [2.75, 3.05) is 32.1 Å². The number of fused-ring (bicyclic) bond motifs is 1. The molecule has 2 heterocycles. The first kappa shape index (κ1) is 14.6. The molecule has 9 heteroatoms. The van der Waals surface area contributed by atoms with Gasteiger partial charge in [0.15, 0.2) is 0 Å². The zero-order valence-electron chi connectivity index (χ0n) is 10.2. The van der Waals surface area contributed by atoms with Crippen LogP contribution in [0.15, 0.2) is 0 Å². The van der Waals surface area contributed by atoms with Gasteiger partial charge in [-0.3, -0.25) is 4.90 Å². The van der Waals surface area contributed by atoms with Crippen LogP contribution in [-0.4, -0.2) is 51.7 Å². The summed E-state index contributed by atoms with van der Waals surface area (Å²) in [5.74, 6) is 0.102. The largest absolute Gasteiger partial charge is 0.451 e. The third-order valence-corrected chi connectivity index (χ3v) is 3.06. The van der Waals surface area contributed by atoms with Crippen LogP contribution in [0.5, 0.6) is 0 Å². The molecule has 0 radical (unpaired) electrons. The molecule has 1 aromatic heterocycles.